The first-order valence-corrected chi connectivity index (χ1v) is 5.67. The number of hydrogen-bond donors (Lipinski definition) is 1. The number of carbonyl (C=O) groups is 1. The Bertz CT molecular complexity index is 350. The maximum atomic E-state index is 11.3. The number of carbonyl (C=O) groups excluding carboxylic acids is 1. The molecule has 85 valence electrons. The highest BCUT2D eigenvalue weighted by Gasteiger charge is 2.22. The molecule has 3 nitrogen and oxygen atoms in total. The second-order valence-corrected chi connectivity index (χ2v) is 4.24. The fraction of sp³-hybridized carbons (Fsp3) is 0.462. The van der Waals surface area contributed by atoms with Gasteiger partial charge in [-0.2, -0.15) is 0 Å². The van der Waals surface area contributed by atoms with Gasteiger partial charge in [-0.3, -0.25) is 9.69 Å². The number of rotatable bonds is 3. The van der Waals surface area contributed by atoms with Crippen molar-refractivity contribution in [2.45, 2.75) is 19.5 Å². The molecule has 1 fully saturated rings. The SMILES string of the molecule is CC(=O)C1CN(Cc2[c]cccc2)CCN1. The first-order chi connectivity index (χ1) is 7.75. The lowest BCUT2D eigenvalue weighted by atomic mass is 10.1. The first kappa shape index (κ1) is 11.3. The van der Waals surface area contributed by atoms with E-state index in [1.807, 2.05) is 18.2 Å². The molecule has 1 atom stereocenters. The van der Waals surface area contributed by atoms with Crippen LogP contribution in [0.15, 0.2) is 24.3 Å². The molecule has 1 aliphatic heterocycles. The van der Waals surface area contributed by atoms with Crippen molar-refractivity contribution in [1.82, 2.24) is 10.2 Å². The molecule has 3 heteroatoms. The van der Waals surface area contributed by atoms with Crippen molar-refractivity contribution in [2.24, 2.45) is 0 Å². The largest absolute Gasteiger partial charge is 0.305 e. The summed E-state index contributed by atoms with van der Waals surface area (Å²) in [5.41, 5.74) is 1.19. The minimum absolute atomic E-state index is 0.00235. The van der Waals surface area contributed by atoms with Gasteiger partial charge in [0.2, 0.25) is 0 Å². The molecule has 1 aromatic rings. The van der Waals surface area contributed by atoms with Crippen LogP contribution < -0.4 is 5.32 Å². The molecule has 1 N–H and O–H groups in total. The second kappa shape index (κ2) is 5.23. The smallest absolute Gasteiger partial charge is 0.147 e. The van der Waals surface area contributed by atoms with E-state index in [4.69, 9.17) is 0 Å². The third kappa shape index (κ3) is 2.90. The van der Waals surface area contributed by atoms with Crippen LogP contribution in [0.4, 0.5) is 0 Å². The van der Waals surface area contributed by atoms with Crippen LogP contribution in [-0.2, 0) is 11.3 Å². The monoisotopic (exact) mass is 217 g/mol. The maximum Gasteiger partial charge on any atom is 0.147 e. The molecule has 1 radical (unpaired) electrons. The van der Waals surface area contributed by atoms with Gasteiger partial charge in [0.1, 0.15) is 5.78 Å². The van der Waals surface area contributed by atoms with Crippen LogP contribution in [0.2, 0.25) is 0 Å². The first-order valence-electron chi connectivity index (χ1n) is 5.67. The number of benzene rings is 1. The van der Waals surface area contributed by atoms with Crippen molar-refractivity contribution in [3.63, 3.8) is 0 Å². The van der Waals surface area contributed by atoms with Crippen LogP contribution in [0, 0.1) is 6.07 Å². The average Bonchev–Trinajstić information content (AvgIpc) is 2.30. The molecule has 1 unspecified atom stereocenters. The fourth-order valence-corrected chi connectivity index (χ4v) is 2.00. The van der Waals surface area contributed by atoms with Crippen LogP contribution >= 0.6 is 0 Å². The van der Waals surface area contributed by atoms with Crippen molar-refractivity contribution in [1.29, 1.82) is 0 Å². The second-order valence-electron chi connectivity index (χ2n) is 4.24. The minimum atomic E-state index is -0.00235. The van der Waals surface area contributed by atoms with E-state index >= 15 is 0 Å². The van der Waals surface area contributed by atoms with Crippen molar-refractivity contribution in [3.8, 4) is 0 Å². The van der Waals surface area contributed by atoms with Crippen molar-refractivity contribution in [3.05, 3.63) is 35.9 Å². The summed E-state index contributed by atoms with van der Waals surface area (Å²) in [4.78, 5) is 13.6. The molecule has 0 saturated carbocycles. The fourth-order valence-electron chi connectivity index (χ4n) is 2.00. The number of Topliss-reactive ketones (excluding diaryl/α,β-unsaturated/α-hetero) is 1. The molecule has 16 heavy (non-hydrogen) atoms. The molecule has 1 aromatic carbocycles. The summed E-state index contributed by atoms with van der Waals surface area (Å²) >= 11 is 0. The minimum Gasteiger partial charge on any atom is -0.305 e. The van der Waals surface area contributed by atoms with E-state index in [2.05, 4.69) is 22.3 Å². The highest BCUT2D eigenvalue weighted by Crippen LogP contribution is 2.07. The zero-order valence-electron chi connectivity index (χ0n) is 9.57. The van der Waals surface area contributed by atoms with E-state index < -0.39 is 0 Å². The van der Waals surface area contributed by atoms with Gasteiger partial charge in [0, 0.05) is 26.2 Å². The molecular weight excluding hydrogens is 200 g/mol. The highest BCUT2D eigenvalue weighted by atomic mass is 16.1. The predicted molar refractivity (Wildman–Crippen MR) is 63.0 cm³/mol. The van der Waals surface area contributed by atoms with Gasteiger partial charge in [0.05, 0.1) is 6.04 Å². The van der Waals surface area contributed by atoms with Crippen LogP contribution in [-0.4, -0.2) is 36.4 Å². The van der Waals surface area contributed by atoms with E-state index in [-0.39, 0.29) is 11.8 Å². The van der Waals surface area contributed by atoms with E-state index in [0.717, 1.165) is 26.2 Å². The molecule has 0 aromatic heterocycles. The summed E-state index contributed by atoms with van der Waals surface area (Å²) in [5, 5.41) is 3.23. The molecule has 0 aliphatic carbocycles. The third-order valence-electron chi connectivity index (χ3n) is 2.92. The number of hydrogen-bond acceptors (Lipinski definition) is 3. The molecule has 1 aliphatic rings. The number of piperazine rings is 1. The molecule has 2 rings (SSSR count). The Morgan fingerprint density at radius 2 is 2.50 bits per heavy atom. The molecular formula is C13H17N2O. The van der Waals surface area contributed by atoms with Gasteiger partial charge in [-0.1, -0.05) is 24.3 Å². The summed E-state index contributed by atoms with van der Waals surface area (Å²) in [6.07, 6.45) is 0. The quantitative estimate of drug-likeness (QED) is 0.814. The van der Waals surface area contributed by atoms with Gasteiger partial charge in [-0.15, -0.1) is 0 Å². The molecule has 0 spiro atoms. The number of nitrogens with one attached hydrogen (secondary N) is 1. The van der Waals surface area contributed by atoms with E-state index in [0.29, 0.717) is 0 Å². The number of nitrogens with zero attached hydrogens (tertiary/aromatic N) is 1. The van der Waals surface area contributed by atoms with Gasteiger partial charge in [0.25, 0.3) is 0 Å². The van der Waals surface area contributed by atoms with E-state index in [1.165, 1.54) is 5.56 Å². The van der Waals surface area contributed by atoms with E-state index in [1.54, 1.807) is 6.92 Å². The lowest BCUT2D eigenvalue weighted by Gasteiger charge is -2.32. The van der Waals surface area contributed by atoms with Crippen LogP contribution in [0.1, 0.15) is 12.5 Å². The van der Waals surface area contributed by atoms with E-state index in [9.17, 15) is 4.79 Å². The lowest BCUT2D eigenvalue weighted by Crippen LogP contribution is -2.53. The summed E-state index contributed by atoms with van der Waals surface area (Å²) in [7, 11) is 0. The van der Waals surface area contributed by atoms with Gasteiger partial charge in [0.15, 0.2) is 0 Å². The highest BCUT2D eigenvalue weighted by molar-refractivity contribution is 5.81. The van der Waals surface area contributed by atoms with Gasteiger partial charge < -0.3 is 5.32 Å². The van der Waals surface area contributed by atoms with Crippen molar-refractivity contribution in [2.75, 3.05) is 19.6 Å². The Morgan fingerprint density at radius 3 is 3.19 bits per heavy atom. The summed E-state index contributed by atoms with van der Waals surface area (Å²) < 4.78 is 0. The molecule has 0 bridgehead atoms. The Hall–Kier alpha value is -1.19. The van der Waals surface area contributed by atoms with Crippen LogP contribution in [0.5, 0.6) is 0 Å². The summed E-state index contributed by atoms with van der Waals surface area (Å²) in [6, 6.07) is 11.2. The summed E-state index contributed by atoms with van der Waals surface area (Å²) in [5.74, 6) is 0.224. The Balaban J connectivity index is 1.93. The lowest BCUT2D eigenvalue weighted by molar-refractivity contribution is -0.120. The van der Waals surface area contributed by atoms with Crippen molar-refractivity contribution >= 4 is 5.78 Å². The van der Waals surface area contributed by atoms with Crippen LogP contribution in [0.3, 0.4) is 0 Å². The average molecular weight is 217 g/mol. The predicted octanol–water partition coefficient (Wildman–Crippen LogP) is 0.850. The Kier molecular flexibility index (Phi) is 3.70. The van der Waals surface area contributed by atoms with Gasteiger partial charge >= 0.3 is 0 Å². The van der Waals surface area contributed by atoms with Gasteiger partial charge in [-0.05, 0) is 18.6 Å². The van der Waals surface area contributed by atoms with Crippen molar-refractivity contribution < 1.29 is 4.79 Å². The normalized spacial score (nSPS) is 21.9. The standard InChI is InChI=1S/C13H17N2O/c1-11(16)13-10-15(8-7-14-13)9-12-5-3-2-4-6-12/h2-5,13-14H,7-10H2,1H3. The molecule has 0 amide bonds. The molecule has 1 heterocycles. The van der Waals surface area contributed by atoms with Crippen LogP contribution in [0.25, 0.3) is 0 Å². The van der Waals surface area contributed by atoms with Gasteiger partial charge in [-0.25, -0.2) is 0 Å². The summed E-state index contributed by atoms with van der Waals surface area (Å²) in [6.45, 7) is 5.21. The Labute approximate surface area is 96.5 Å². The topological polar surface area (TPSA) is 32.3 Å². The third-order valence-corrected chi connectivity index (χ3v) is 2.92. The number of ketones is 1. The maximum absolute atomic E-state index is 11.3. The molecule has 1 saturated heterocycles. The zero-order chi connectivity index (χ0) is 11.4. The zero-order valence-corrected chi connectivity index (χ0v) is 9.57. The Morgan fingerprint density at radius 1 is 1.62 bits per heavy atom.